The maximum Gasteiger partial charge on any atom is 0.226 e. The van der Waals surface area contributed by atoms with Gasteiger partial charge in [0.2, 0.25) is 5.91 Å². The number of aromatic amines is 2. The van der Waals surface area contributed by atoms with Crippen molar-refractivity contribution < 1.29 is 4.79 Å². The Balaban J connectivity index is 1.35. The zero-order valence-electron chi connectivity index (χ0n) is 21.3. The minimum Gasteiger partial charge on any atom is -0.349 e. The van der Waals surface area contributed by atoms with E-state index >= 15 is 0 Å². The number of piperidine rings is 1. The maximum absolute atomic E-state index is 13.4. The molecule has 1 amide bonds. The Labute approximate surface area is 205 Å². The average Bonchev–Trinajstić information content (AvgIpc) is 3.56. The van der Waals surface area contributed by atoms with Crippen molar-refractivity contribution >= 4 is 5.91 Å². The number of carbonyl (C=O) groups excluding carboxylic acids is 1. The van der Waals surface area contributed by atoms with Crippen molar-refractivity contribution in [3.63, 3.8) is 0 Å². The van der Waals surface area contributed by atoms with Crippen LogP contribution in [0.15, 0.2) is 24.8 Å². The summed E-state index contributed by atoms with van der Waals surface area (Å²) in [7, 11) is 0. The molecule has 2 aromatic heterocycles. The molecule has 34 heavy (non-hydrogen) atoms. The smallest absolute Gasteiger partial charge is 0.226 e. The lowest BCUT2D eigenvalue weighted by Crippen LogP contribution is -2.44. The summed E-state index contributed by atoms with van der Waals surface area (Å²) >= 11 is 0. The number of hydrogen-bond acceptors (Lipinski definition) is 5. The van der Waals surface area contributed by atoms with E-state index in [1.807, 2.05) is 12.4 Å². The molecule has 1 saturated heterocycles. The third-order valence-corrected chi connectivity index (χ3v) is 6.86. The molecule has 0 spiro atoms. The van der Waals surface area contributed by atoms with Crippen LogP contribution in [0.4, 0.5) is 0 Å². The summed E-state index contributed by atoms with van der Waals surface area (Å²) in [5, 5.41) is 3.67. The zero-order valence-corrected chi connectivity index (χ0v) is 21.3. The first kappa shape index (κ1) is 26.4. The van der Waals surface area contributed by atoms with Crippen molar-refractivity contribution in [1.82, 2.24) is 35.1 Å². The molecule has 0 radical (unpaired) electrons. The molecule has 0 atom stereocenters. The largest absolute Gasteiger partial charge is 0.349 e. The topological polar surface area (TPSA) is 92.9 Å². The van der Waals surface area contributed by atoms with Crippen molar-refractivity contribution in [1.29, 1.82) is 0 Å². The Morgan fingerprint density at radius 1 is 1.03 bits per heavy atom. The number of aromatic nitrogens is 4. The molecule has 0 aromatic carbocycles. The minimum absolute atomic E-state index is 0.146. The Hall–Kier alpha value is -2.19. The highest BCUT2D eigenvalue weighted by Crippen LogP contribution is 2.21. The normalized spacial score (nSPS) is 15.0. The van der Waals surface area contributed by atoms with Crippen molar-refractivity contribution in [2.24, 2.45) is 11.8 Å². The Bertz CT molecular complexity index is 727. The van der Waals surface area contributed by atoms with Crippen molar-refractivity contribution in [3.8, 4) is 0 Å². The molecule has 0 aliphatic carbocycles. The fraction of sp³-hybridized carbons (Fsp3) is 0.731. The highest BCUT2D eigenvalue weighted by Gasteiger charge is 2.29. The number of amides is 1. The minimum atomic E-state index is -0.146. The molecule has 8 heteroatoms. The van der Waals surface area contributed by atoms with E-state index in [0.717, 1.165) is 50.7 Å². The molecule has 1 aliphatic rings. The van der Waals surface area contributed by atoms with Crippen molar-refractivity contribution in [3.05, 3.63) is 36.4 Å². The van der Waals surface area contributed by atoms with Crippen LogP contribution in [-0.4, -0.2) is 81.5 Å². The van der Waals surface area contributed by atoms with Crippen molar-refractivity contribution in [2.45, 2.75) is 65.2 Å². The van der Waals surface area contributed by atoms with Gasteiger partial charge >= 0.3 is 0 Å². The molecular weight excluding hydrogens is 426 g/mol. The predicted octanol–water partition coefficient (Wildman–Crippen LogP) is 3.26. The van der Waals surface area contributed by atoms with Gasteiger partial charge < -0.3 is 25.1 Å². The molecule has 2 aromatic rings. The van der Waals surface area contributed by atoms with E-state index < -0.39 is 0 Å². The summed E-state index contributed by atoms with van der Waals surface area (Å²) in [5.41, 5.74) is 0. The Morgan fingerprint density at radius 3 is 2.18 bits per heavy atom. The lowest BCUT2D eigenvalue weighted by molar-refractivity contribution is -0.137. The molecule has 1 aliphatic heterocycles. The number of H-pyrrole nitrogens is 2. The van der Waals surface area contributed by atoms with Crippen LogP contribution >= 0.6 is 0 Å². The highest BCUT2D eigenvalue weighted by molar-refractivity contribution is 5.79. The fourth-order valence-corrected chi connectivity index (χ4v) is 5.01. The van der Waals surface area contributed by atoms with E-state index in [2.05, 4.69) is 48.9 Å². The molecule has 190 valence electrons. The van der Waals surface area contributed by atoms with E-state index in [9.17, 15) is 4.79 Å². The van der Waals surface area contributed by atoms with Gasteiger partial charge in [-0.25, -0.2) is 9.97 Å². The van der Waals surface area contributed by atoms with Gasteiger partial charge in [0, 0.05) is 50.7 Å². The van der Waals surface area contributed by atoms with E-state index in [1.165, 1.54) is 45.3 Å². The van der Waals surface area contributed by atoms with Gasteiger partial charge in [0.05, 0.1) is 5.92 Å². The standard InChI is InChI=1S/C26H45N7O/c1-3-14-32(15-4-2)16-6-5-9-27-21-22-7-17-33(18-8-22)26(34)23(19-24-28-10-11-29-24)20-25-30-12-13-31-25/h10-13,22-23,27H,3-9,14-21H2,1-2H3,(H,28,29)(H,30,31). The number of carbonyl (C=O) groups is 1. The highest BCUT2D eigenvalue weighted by atomic mass is 16.2. The molecule has 3 rings (SSSR count). The quantitative estimate of drug-likeness (QED) is 0.327. The fourth-order valence-electron chi connectivity index (χ4n) is 5.01. The summed E-state index contributed by atoms with van der Waals surface area (Å²) in [6.45, 7) is 12.1. The van der Waals surface area contributed by atoms with Gasteiger partial charge in [0.1, 0.15) is 11.6 Å². The average molecular weight is 472 g/mol. The summed E-state index contributed by atoms with van der Waals surface area (Å²) in [5.74, 6) is 2.46. The number of hydrogen-bond donors (Lipinski definition) is 3. The van der Waals surface area contributed by atoms with Crippen LogP contribution in [0.1, 0.15) is 64.0 Å². The van der Waals surface area contributed by atoms with Gasteiger partial charge in [0.15, 0.2) is 0 Å². The number of nitrogens with zero attached hydrogens (tertiary/aromatic N) is 4. The first-order valence-corrected chi connectivity index (χ1v) is 13.4. The second-order valence-corrected chi connectivity index (χ2v) is 9.70. The second-order valence-electron chi connectivity index (χ2n) is 9.70. The van der Waals surface area contributed by atoms with Crippen LogP contribution in [-0.2, 0) is 17.6 Å². The van der Waals surface area contributed by atoms with E-state index in [1.54, 1.807) is 12.4 Å². The molecule has 1 fully saturated rings. The molecule has 0 unspecified atom stereocenters. The van der Waals surface area contributed by atoms with Crippen LogP contribution in [0.5, 0.6) is 0 Å². The van der Waals surface area contributed by atoms with Gasteiger partial charge in [0.25, 0.3) is 0 Å². The SMILES string of the molecule is CCCN(CCC)CCCCNCC1CCN(C(=O)C(Cc2ncc[nH]2)Cc2ncc[nH]2)CC1. The van der Waals surface area contributed by atoms with E-state index in [0.29, 0.717) is 18.8 Å². The van der Waals surface area contributed by atoms with Crippen LogP contribution in [0.25, 0.3) is 0 Å². The first-order valence-electron chi connectivity index (χ1n) is 13.4. The first-order chi connectivity index (χ1) is 16.7. The number of nitrogens with one attached hydrogen (secondary N) is 3. The summed E-state index contributed by atoms with van der Waals surface area (Å²) in [4.78, 5) is 33.0. The second kappa shape index (κ2) is 14.9. The molecule has 0 bridgehead atoms. The van der Waals surface area contributed by atoms with Crippen molar-refractivity contribution in [2.75, 3.05) is 45.8 Å². The van der Waals surface area contributed by atoms with Crippen LogP contribution < -0.4 is 5.32 Å². The van der Waals surface area contributed by atoms with Gasteiger partial charge in [-0.1, -0.05) is 13.8 Å². The van der Waals surface area contributed by atoms with Gasteiger partial charge in [-0.2, -0.15) is 0 Å². The number of imidazole rings is 2. The lowest BCUT2D eigenvalue weighted by Gasteiger charge is -2.34. The Kier molecular flexibility index (Phi) is 11.6. The number of rotatable bonds is 16. The van der Waals surface area contributed by atoms with Gasteiger partial charge in [-0.3, -0.25) is 4.79 Å². The number of likely N-dealkylation sites (tertiary alicyclic amines) is 1. The summed E-state index contributed by atoms with van der Waals surface area (Å²) in [6, 6.07) is 0. The monoisotopic (exact) mass is 471 g/mol. The predicted molar refractivity (Wildman–Crippen MR) is 137 cm³/mol. The van der Waals surface area contributed by atoms with Crippen LogP contribution in [0, 0.1) is 11.8 Å². The van der Waals surface area contributed by atoms with E-state index in [4.69, 9.17) is 0 Å². The Morgan fingerprint density at radius 2 is 1.65 bits per heavy atom. The molecule has 3 N–H and O–H groups in total. The number of unbranched alkanes of at least 4 members (excludes halogenated alkanes) is 1. The molecular formula is C26H45N7O. The molecule has 0 saturated carbocycles. The third-order valence-electron chi connectivity index (χ3n) is 6.86. The molecule has 8 nitrogen and oxygen atoms in total. The maximum atomic E-state index is 13.4. The summed E-state index contributed by atoms with van der Waals surface area (Å²) in [6.07, 6.45) is 15.5. The zero-order chi connectivity index (χ0) is 24.0. The molecule has 3 heterocycles. The summed E-state index contributed by atoms with van der Waals surface area (Å²) < 4.78 is 0. The van der Waals surface area contributed by atoms with Gasteiger partial charge in [-0.15, -0.1) is 0 Å². The van der Waals surface area contributed by atoms with Crippen LogP contribution in [0.3, 0.4) is 0 Å². The van der Waals surface area contributed by atoms with E-state index in [-0.39, 0.29) is 11.8 Å². The van der Waals surface area contributed by atoms with Crippen LogP contribution in [0.2, 0.25) is 0 Å². The van der Waals surface area contributed by atoms with Gasteiger partial charge in [-0.05, 0) is 77.2 Å². The third kappa shape index (κ3) is 8.87. The lowest BCUT2D eigenvalue weighted by atomic mass is 9.93.